The lowest BCUT2D eigenvalue weighted by Crippen LogP contribution is -2.34. The number of hydrogen-bond acceptors (Lipinski definition) is 2. The van der Waals surface area contributed by atoms with Crippen molar-refractivity contribution in [2.45, 2.75) is 19.3 Å². The third kappa shape index (κ3) is 2.35. The van der Waals surface area contributed by atoms with E-state index in [-0.39, 0.29) is 5.91 Å². The van der Waals surface area contributed by atoms with Gasteiger partial charge in [-0.3, -0.25) is 4.79 Å². The third-order valence-electron chi connectivity index (χ3n) is 1.96. The summed E-state index contributed by atoms with van der Waals surface area (Å²) < 4.78 is 0. The predicted molar refractivity (Wildman–Crippen MR) is 39.4 cm³/mol. The molecule has 0 atom stereocenters. The lowest BCUT2D eigenvalue weighted by molar-refractivity contribution is -0.117. The highest BCUT2D eigenvalue weighted by molar-refractivity contribution is 5.75. The maximum Gasteiger partial charge on any atom is 0.231 e. The summed E-state index contributed by atoms with van der Waals surface area (Å²) in [5.74, 6) is 0.540. The van der Waals surface area contributed by atoms with E-state index in [1.165, 1.54) is 19.3 Å². The molecule has 0 radical (unpaired) electrons. The normalized spacial score (nSPS) is 18.4. The zero-order valence-electron chi connectivity index (χ0n) is 6.10. The molecule has 0 spiro atoms. The first-order valence-electron chi connectivity index (χ1n) is 3.78. The van der Waals surface area contributed by atoms with Gasteiger partial charge in [0.05, 0.1) is 6.54 Å². The fraction of sp³-hybridized carbons (Fsp3) is 0.857. The van der Waals surface area contributed by atoms with E-state index in [4.69, 9.17) is 5.73 Å². The minimum Gasteiger partial charge on any atom is -0.369 e. The molecule has 1 aliphatic rings. The van der Waals surface area contributed by atoms with Crippen LogP contribution >= 0.6 is 0 Å². The minimum absolute atomic E-state index is 0.265. The van der Waals surface area contributed by atoms with Crippen molar-refractivity contribution < 1.29 is 4.79 Å². The van der Waals surface area contributed by atoms with Crippen LogP contribution in [0.3, 0.4) is 0 Å². The van der Waals surface area contributed by atoms with E-state index in [9.17, 15) is 4.79 Å². The summed E-state index contributed by atoms with van der Waals surface area (Å²) in [5, 5.41) is 3.01. The van der Waals surface area contributed by atoms with Crippen molar-refractivity contribution in [3.8, 4) is 0 Å². The van der Waals surface area contributed by atoms with Crippen LogP contribution in [0, 0.1) is 5.92 Å². The van der Waals surface area contributed by atoms with Crippen LogP contribution in [0.25, 0.3) is 0 Å². The van der Waals surface area contributed by atoms with E-state index in [2.05, 4.69) is 5.32 Å². The lowest BCUT2D eigenvalue weighted by atomic mass is 9.85. The van der Waals surface area contributed by atoms with Gasteiger partial charge in [0.25, 0.3) is 0 Å². The zero-order chi connectivity index (χ0) is 7.40. The molecule has 0 aliphatic heterocycles. The Hall–Kier alpha value is -0.570. The van der Waals surface area contributed by atoms with Gasteiger partial charge in [-0.2, -0.15) is 0 Å². The first kappa shape index (κ1) is 7.54. The second-order valence-electron chi connectivity index (χ2n) is 2.89. The molecule has 0 unspecified atom stereocenters. The molecule has 0 saturated heterocycles. The van der Waals surface area contributed by atoms with Crippen LogP contribution < -0.4 is 11.1 Å². The van der Waals surface area contributed by atoms with Crippen LogP contribution in [0.15, 0.2) is 0 Å². The molecular weight excluding hydrogens is 128 g/mol. The maximum atomic E-state index is 10.2. The number of hydrogen-bond donors (Lipinski definition) is 2. The Bertz CT molecular complexity index is 121. The smallest absolute Gasteiger partial charge is 0.231 e. The highest BCUT2D eigenvalue weighted by atomic mass is 16.1. The molecule has 3 heteroatoms. The average molecular weight is 142 g/mol. The van der Waals surface area contributed by atoms with Gasteiger partial charge in [0.15, 0.2) is 0 Å². The summed E-state index contributed by atoms with van der Waals surface area (Å²) >= 11 is 0. The quantitative estimate of drug-likeness (QED) is 0.574. The van der Waals surface area contributed by atoms with Gasteiger partial charge in [-0.05, 0) is 25.3 Å². The van der Waals surface area contributed by atoms with Gasteiger partial charge < -0.3 is 11.1 Å². The average Bonchev–Trinajstić information content (AvgIpc) is 1.75. The summed E-state index contributed by atoms with van der Waals surface area (Å²) in [5.41, 5.74) is 4.94. The molecule has 0 aromatic heterocycles. The highest BCUT2D eigenvalue weighted by Crippen LogP contribution is 2.24. The van der Waals surface area contributed by atoms with Gasteiger partial charge in [0.1, 0.15) is 0 Å². The molecule has 3 N–H and O–H groups in total. The number of amides is 1. The number of rotatable bonds is 4. The van der Waals surface area contributed by atoms with E-state index >= 15 is 0 Å². The number of primary amides is 1. The van der Waals surface area contributed by atoms with Crippen LogP contribution in [0.2, 0.25) is 0 Å². The Kier molecular flexibility index (Phi) is 2.68. The topological polar surface area (TPSA) is 55.1 Å². The Balaban J connectivity index is 1.89. The molecule has 1 rings (SSSR count). The van der Waals surface area contributed by atoms with E-state index in [0.717, 1.165) is 12.5 Å². The Morgan fingerprint density at radius 2 is 2.30 bits per heavy atom. The van der Waals surface area contributed by atoms with Crippen molar-refractivity contribution in [2.75, 3.05) is 13.1 Å². The molecule has 1 fully saturated rings. The number of nitrogens with one attached hydrogen (secondary N) is 1. The fourth-order valence-electron chi connectivity index (χ4n) is 1.10. The van der Waals surface area contributed by atoms with Crippen LogP contribution in [0.5, 0.6) is 0 Å². The highest BCUT2D eigenvalue weighted by Gasteiger charge is 2.16. The monoisotopic (exact) mass is 142 g/mol. The maximum absolute atomic E-state index is 10.2. The van der Waals surface area contributed by atoms with E-state index in [1.807, 2.05) is 0 Å². The summed E-state index contributed by atoms with van der Waals surface area (Å²) in [7, 11) is 0. The molecule has 1 saturated carbocycles. The molecule has 3 nitrogen and oxygen atoms in total. The van der Waals surface area contributed by atoms with Gasteiger partial charge >= 0.3 is 0 Å². The van der Waals surface area contributed by atoms with Crippen molar-refractivity contribution in [3.63, 3.8) is 0 Å². The first-order valence-corrected chi connectivity index (χ1v) is 3.78. The fourth-order valence-corrected chi connectivity index (χ4v) is 1.10. The van der Waals surface area contributed by atoms with Gasteiger partial charge in [0, 0.05) is 0 Å². The summed E-state index contributed by atoms with van der Waals surface area (Å²) in [6.45, 7) is 1.29. The summed E-state index contributed by atoms with van der Waals surface area (Å²) in [6.07, 6.45) is 3.97. The van der Waals surface area contributed by atoms with Gasteiger partial charge in [0.2, 0.25) is 5.91 Å². The van der Waals surface area contributed by atoms with Crippen LogP contribution in [0.1, 0.15) is 19.3 Å². The third-order valence-corrected chi connectivity index (χ3v) is 1.96. The van der Waals surface area contributed by atoms with E-state index < -0.39 is 0 Å². The van der Waals surface area contributed by atoms with Gasteiger partial charge in [-0.15, -0.1) is 0 Å². The minimum atomic E-state index is -0.265. The predicted octanol–water partition coefficient (Wildman–Crippen LogP) is -0.139. The van der Waals surface area contributed by atoms with Crippen molar-refractivity contribution in [1.29, 1.82) is 0 Å². The van der Waals surface area contributed by atoms with E-state index in [1.54, 1.807) is 0 Å². The Morgan fingerprint density at radius 3 is 2.70 bits per heavy atom. The first-order chi connectivity index (χ1) is 4.79. The molecule has 1 aliphatic carbocycles. The van der Waals surface area contributed by atoms with Crippen molar-refractivity contribution >= 4 is 5.91 Å². The zero-order valence-corrected chi connectivity index (χ0v) is 6.10. The Morgan fingerprint density at radius 1 is 1.60 bits per heavy atom. The van der Waals surface area contributed by atoms with Crippen LogP contribution in [-0.2, 0) is 4.79 Å². The molecule has 0 bridgehead atoms. The molecule has 58 valence electrons. The molecule has 10 heavy (non-hydrogen) atoms. The molecule has 0 heterocycles. The number of nitrogens with two attached hydrogens (primary N) is 1. The van der Waals surface area contributed by atoms with Crippen molar-refractivity contribution in [3.05, 3.63) is 0 Å². The van der Waals surface area contributed by atoms with Gasteiger partial charge in [-0.1, -0.05) is 6.42 Å². The molecule has 1 amide bonds. The number of carbonyl (C=O) groups excluding carboxylic acids is 1. The van der Waals surface area contributed by atoms with Crippen LogP contribution in [-0.4, -0.2) is 19.0 Å². The standard InChI is InChI=1S/C7H14N2O/c8-7(10)5-9-4-6-2-1-3-6/h6,9H,1-5H2,(H2,8,10). The molecule has 0 aromatic rings. The SMILES string of the molecule is NC(=O)CNCC1CCC1. The molecular formula is C7H14N2O. The Labute approximate surface area is 61.0 Å². The largest absolute Gasteiger partial charge is 0.369 e. The van der Waals surface area contributed by atoms with E-state index in [0.29, 0.717) is 6.54 Å². The van der Waals surface area contributed by atoms with Crippen molar-refractivity contribution in [1.82, 2.24) is 5.32 Å². The molecule has 0 aromatic carbocycles. The van der Waals surface area contributed by atoms with Crippen molar-refractivity contribution in [2.24, 2.45) is 11.7 Å². The summed E-state index contributed by atoms with van der Waals surface area (Å²) in [4.78, 5) is 10.2. The van der Waals surface area contributed by atoms with Gasteiger partial charge in [-0.25, -0.2) is 0 Å². The lowest BCUT2D eigenvalue weighted by Gasteiger charge is -2.25. The number of carbonyl (C=O) groups is 1. The summed E-state index contributed by atoms with van der Waals surface area (Å²) in [6, 6.07) is 0. The van der Waals surface area contributed by atoms with Crippen LogP contribution in [0.4, 0.5) is 0 Å². The second kappa shape index (κ2) is 3.56. The second-order valence-corrected chi connectivity index (χ2v) is 2.89.